The first-order valence-corrected chi connectivity index (χ1v) is 7.79. The second kappa shape index (κ2) is 7.09. The van der Waals surface area contributed by atoms with Crippen LogP contribution in [0.3, 0.4) is 0 Å². The molecule has 0 spiro atoms. The lowest BCUT2D eigenvalue weighted by molar-refractivity contribution is -0.129. The molecule has 1 fully saturated rings. The summed E-state index contributed by atoms with van der Waals surface area (Å²) in [5, 5.41) is 2.90. The number of hydrogen-bond acceptors (Lipinski definition) is 3. The minimum Gasteiger partial charge on any atom is -0.355 e. The van der Waals surface area contributed by atoms with E-state index in [2.05, 4.69) is 15.3 Å². The van der Waals surface area contributed by atoms with E-state index < -0.39 is 0 Å². The van der Waals surface area contributed by atoms with Crippen molar-refractivity contribution in [3.63, 3.8) is 0 Å². The van der Waals surface area contributed by atoms with Crippen LogP contribution in [0.1, 0.15) is 17.7 Å². The van der Waals surface area contributed by atoms with Crippen LogP contribution in [0.25, 0.3) is 0 Å². The summed E-state index contributed by atoms with van der Waals surface area (Å²) in [5.41, 5.74) is 2.07. The van der Waals surface area contributed by atoms with Crippen molar-refractivity contribution in [2.45, 2.75) is 19.4 Å². The first kappa shape index (κ1) is 15.3. The predicted octanol–water partition coefficient (Wildman–Crippen LogP) is 1.12. The van der Waals surface area contributed by atoms with Gasteiger partial charge in [0, 0.05) is 44.4 Å². The van der Waals surface area contributed by atoms with Crippen molar-refractivity contribution in [2.24, 2.45) is 5.92 Å². The molecule has 3 rings (SSSR count). The lowest BCUT2D eigenvalue weighted by atomic mass is 10.1. The second-order valence-electron chi connectivity index (χ2n) is 5.78. The van der Waals surface area contributed by atoms with E-state index in [1.165, 1.54) is 0 Å². The van der Waals surface area contributed by atoms with Crippen molar-refractivity contribution in [3.05, 3.63) is 54.1 Å². The first-order valence-electron chi connectivity index (χ1n) is 7.79. The quantitative estimate of drug-likeness (QED) is 0.839. The molecule has 1 aromatic carbocycles. The number of amides is 2. The third-order valence-electron chi connectivity index (χ3n) is 4.05. The van der Waals surface area contributed by atoms with Gasteiger partial charge in [-0.05, 0) is 5.56 Å². The number of carbonyl (C=O) groups is 2. The third-order valence-corrected chi connectivity index (χ3v) is 4.05. The summed E-state index contributed by atoms with van der Waals surface area (Å²) >= 11 is 0. The molecule has 120 valence electrons. The van der Waals surface area contributed by atoms with E-state index in [0.717, 1.165) is 11.3 Å². The smallest absolute Gasteiger partial charge is 0.225 e. The molecule has 0 radical (unpaired) electrons. The lowest BCUT2D eigenvalue weighted by Crippen LogP contribution is -2.34. The van der Waals surface area contributed by atoms with Gasteiger partial charge >= 0.3 is 0 Å². The highest BCUT2D eigenvalue weighted by Crippen LogP contribution is 2.20. The van der Waals surface area contributed by atoms with Crippen molar-refractivity contribution < 1.29 is 9.59 Å². The summed E-state index contributed by atoms with van der Waals surface area (Å²) in [7, 11) is 0. The average Bonchev–Trinajstić information content (AvgIpc) is 3.19. The van der Waals surface area contributed by atoms with Gasteiger partial charge in [-0.15, -0.1) is 0 Å². The molecule has 23 heavy (non-hydrogen) atoms. The van der Waals surface area contributed by atoms with Crippen LogP contribution in [0.5, 0.6) is 0 Å². The van der Waals surface area contributed by atoms with Crippen LogP contribution in [-0.4, -0.2) is 39.8 Å². The van der Waals surface area contributed by atoms with Crippen LogP contribution in [-0.2, 0) is 22.6 Å². The van der Waals surface area contributed by atoms with Gasteiger partial charge in [-0.1, -0.05) is 30.3 Å². The Morgan fingerprint density at radius 2 is 2.17 bits per heavy atom. The summed E-state index contributed by atoms with van der Waals surface area (Å²) in [6.45, 7) is 1.60. The number of imidazole rings is 1. The maximum Gasteiger partial charge on any atom is 0.225 e. The third kappa shape index (κ3) is 3.97. The minimum absolute atomic E-state index is 0.0440. The highest BCUT2D eigenvalue weighted by atomic mass is 16.2. The molecule has 2 amide bonds. The van der Waals surface area contributed by atoms with E-state index in [4.69, 9.17) is 0 Å². The van der Waals surface area contributed by atoms with Crippen molar-refractivity contribution in [3.8, 4) is 0 Å². The van der Waals surface area contributed by atoms with Gasteiger partial charge in [0.1, 0.15) is 0 Å². The van der Waals surface area contributed by atoms with Crippen molar-refractivity contribution in [1.29, 1.82) is 0 Å². The molecule has 1 unspecified atom stereocenters. The molecule has 0 bridgehead atoms. The fourth-order valence-corrected chi connectivity index (χ4v) is 2.79. The molecule has 6 nitrogen and oxygen atoms in total. The van der Waals surface area contributed by atoms with Gasteiger partial charge in [0.15, 0.2) is 0 Å². The standard InChI is InChI=1S/C17H20N4O2/c22-16-8-14(11-21(16)10-13-4-2-1-3-5-13)17(23)19-7-6-15-9-18-12-20-15/h1-5,9,12,14H,6-8,10-11H2,(H,18,20)(H,19,23). The SMILES string of the molecule is O=C(NCCc1cnc[nH]1)C1CC(=O)N(Cc2ccccc2)C1. The second-order valence-corrected chi connectivity index (χ2v) is 5.78. The number of nitrogens with zero attached hydrogens (tertiary/aromatic N) is 2. The minimum atomic E-state index is -0.257. The van der Waals surface area contributed by atoms with Gasteiger partial charge in [0.2, 0.25) is 11.8 Å². The van der Waals surface area contributed by atoms with Crippen molar-refractivity contribution >= 4 is 11.8 Å². The Bertz CT molecular complexity index is 654. The van der Waals surface area contributed by atoms with E-state index in [0.29, 0.717) is 32.5 Å². The number of aromatic nitrogens is 2. The predicted molar refractivity (Wildman–Crippen MR) is 85.3 cm³/mol. The Kier molecular flexibility index (Phi) is 4.71. The zero-order valence-electron chi connectivity index (χ0n) is 12.9. The summed E-state index contributed by atoms with van der Waals surface area (Å²) < 4.78 is 0. The lowest BCUT2D eigenvalue weighted by Gasteiger charge is -2.16. The maximum atomic E-state index is 12.2. The Morgan fingerprint density at radius 3 is 2.91 bits per heavy atom. The molecule has 2 aromatic rings. The Balaban J connectivity index is 1.47. The number of nitrogens with one attached hydrogen (secondary N) is 2. The van der Waals surface area contributed by atoms with Crippen LogP contribution in [0.4, 0.5) is 0 Å². The summed E-state index contributed by atoms with van der Waals surface area (Å²) in [6.07, 6.45) is 4.37. The number of likely N-dealkylation sites (tertiary alicyclic amines) is 1. The zero-order chi connectivity index (χ0) is 16.1. The Hall–Kier alpha value is -2.63. The normalized spacial score (nSPS) is 17.5. The van der Waals surface area contributed by atoms with E-state index in [1.807, 2.05) is 30.3 Å². The Morgan fingerprint density at radius 1 is 1.35 bits per heavy atom. The molecular weight excluding hydrogens is 292 g/mol. The van der Waals surface area contributed by atoms with Gasteiger partial charge in [-0.2, -0.15) is 0 Å². The highest BCUT2D eigenvalue weighted by Gasteiger charge is 2.33. The fourth-order valence-electron chi connectivity index (χ4n) is 2.79. The van der Waals surface area contributed by atoms with Crippen LogP contribution in [0.2, 0.25) is 0 Å². The van der Waals surface area contributed by atoms with Crippen molar-refractivity contribution in [1.82, 2.24) is 20.2 Å². The van der Waals surface area contributed by atoms with Gasteiger partial charge in [0.05, 0.1) is 12.2 Å². The molecule has 2 heterocycles. The van der Waals surface area contributed by atoms with Gasteiger partial charge < -0.3 is 15.2 Å². The first-order chi connectivity index (χ1) is 11.2. The van der Waals surface area contributed by atoms with E-state index in [9.17, 15) is 9.59 Å². The molecular formula is C17H20N4O2. The molecule has 1 aliphatic heterocycles. The number of aromatic amines is 1. The number of carbonyl (C=O) groups excluding carboxylic acids is 2. The monoisotopic (exact) mass is 312 g/mol. The van der Waals surface area contributed by atoms with Crippen LogP contribution < -0.4 is 5.32 Å². The molecule has 6 heteroatoms. The Labute approximate surface area is 134 Å². The number of benzene rings is 1. The summed E-state index contributed by atoms with van der Waals surface area (Å²) in [5.74, 6) is -0.260. The molecule has 1 aliphatic rings. The van der Waals surface area contributed by atoms with Crippen LogP contribution in [0, 0.1) is 5.92 Å². The number of hydrogen-bond donors (Lipinski definition) is 2. The molecule has 1 aromatic heterocycles. The van der Waals surface area contributed by atoms with Gasteiger partial charge in [0.25, 0.3) is 0 Å². The van der Waals surface area contributed by atoms with Crippen LogP contribution >= 0.6 is 0 Å². The maximum absolute atomic E-state index is 12.2. The number of rotatable bonds is 6. The van der Waals surface area contributed by atoms with Crippen LogP contribution in [0.15, 0.2) is 42.9 Å². The topological polar surface area (TPSA) is 78.1 Å². The van der Waals surface area contributed by atoms with Gasteiger partial charge in [-0.3, -0.25) is 9.59 Å². The van der Waals surface area contributed by atoms with E-state index in [1.54, 1.807) is 17.4 Å². The number of H-pyrrole nitrogens is 1. The molecule has 1 saturated heterocycles. The van der Waals surface area contributed by atoms with Crippen molar-refractivity contribution in [2.75, 3.05) is 13.1 Å². The molecule has 2 N–H and O–H groups in total. The molecule has 0 saturated carbocycles. The molecule has 1 atom stereocenters. The van der Waals surface area contributed by atoms with Gasteiger partial charge in [-0.25, -0.2) is 4.98 Å². The molecule has 0 aliphatic carbocycles. The summed E-state index contributed by atoms with van der Waals surface area (Å²) in [6, 6.07) is 9.84. The average molecular weight is 312 g/mol. The highest BCUT2D eigenvalue weighted by molar-refractivity contribution is 5.89. The summed E-state index contributed by atoms with van der Waals surface area (Å²) in [4.78, 5) is 33.0. The zero-order valence-corrected chi connectivity index (χ0v) is 12.9. The fraction of sp³-hybridized carbons (Fsp3) is 0.353. The largest absolute Gasteiger partial charge is 0.355 e. The van der Waals surface area contributed by atoms with E-state index in [-0.39, 0.29) is 17.7 Å². The van der Waals surface area contributed by atoms with E-state index >= 15 is 0 Å².